The standard InChI is InChI=1S/C14H19NO2/c1-11(2)15-8-7-12-13(15)5-4-6-14(12)17-10-9-16-3/h4-8,11H,9-10H2,1-3H3. The molecule has 92 valence electrons. The number of benzene rings is 1. The number of fused-ring (bicyclic) bond motifs is 1. The fourth-order valence-corrected chi connectivity index (χ4v) is 1.97. The molecule has 0 spiro atoms. The third-order valence-electron chi connectivity index (χ3n) is 2.82. The van der Waals surface area contributed by atoms with Gasteiger partial charge >= 0.3 is 0 Å². The Morgan fingerprint density at radius 2 is 2.00 bits per heavy atom. The van der Waals surface area contributed by atoms with Crippen molar-refractivity contribution in [3.8, 4) is 5.75 Å². The van der Waals surface area contributed by atoms with Crippen molar-refractivity contribution in [3.63, 3.8) is 0 Å². The maximum atomic E-state index is 5.71. The minimum Gasteiger partial charge on any atom is -0.490 e. The molecule has 0 radical (unpaired) electrons. The van der Waals surface area contributed by atoms with E-state index in [1.54, 1.807) is 7.11 Å². The molecule has 1 heterocycles. The molecule has 0 bridgehead atoms. The van der Waals surface area contributed by atoms with Gasteiger partial charge in [-0.3, -0.25) is 0 Å². The van der Waals surface area contributed by atoms with Gasteiger partial charge in [-0.15, -0.1) is 0 Å². The summed E-state index contributed by atoms with van der Waals surface area (Å²) in [6, 6.07) is 8.73. The van der Waals surface area contributed by atoms with Gasteiger partial charge in [0, 0.05) is 24.7 Å². The lowest BCUT2D eigenvalue weighted by Crippen LogP contribution is -2.04. The van der Waals surface area contributed by atoms with Crippen LogP contribution in [0, 0.1) is 0 Å². The number of ether oxygens (including phenoxy) is 2. The second-order valence-corrected chi connectivity index (χ2v) is 4.35. The van der Waals surface area contributed by atoms with E-state index >= 15 is 0 Å². The summed E-state index contributed by atoms with van der Waals surface area (Å²) in [6.45, 7) is 5.56. The summed E-state index contributed by atoms with van der Waals surface area (Å²) in [5.74, 6) is 0.930. The first-order chi connectivity index (χ1) is 8.24. The first-order valence-corrected chi connectivity index (χ1v) is 5.95. The average molecular weight is 233 g/mol. The van der Waals surface area contributed by atoms with Gasteiger partial charge in [-0.1, -0.05) is 6.07 Å². The van der Waals surface area contributed by atoms with Gasteiger partial charge in [-0.25, -0.2) is 0 Å². The van der Waals surface area contributed by atoms with Gasteiger partial charge in [0.15, 0.2) is 0 Å². The highest BCUT2D eigenvalue weighted by Gasteiger charge is 2.07. The van der Waals surface area contributed by atoms with Crippen molar-refractivity contribution in [1.82, 2.24) is 4.57 Å². The maximum Gasteiger partial charge on any atom is 0.128 e. The fraction of sp³-hybridized carbons (Fsp3) is 0.429. The molecule has 2 aromatic rings. The molecule has 0 saturated carbocycles. The van der Waals surface area contributed by atoms with E-state index in [1.807, 2.05) is 12.1 Å². The van der Waals surface area contributed by atoms with E-state index in [4.69, 9.17) is 9.47 Å². The Morgan fingerprint density at radius 3 is 2.71 bits per heavy atom. The van der Waals surface area contributed by atoms with Crippen LogP contribution in [-0.2, 0) is 4.74 Å². The lowest BCUT2D eigenvalue weighted by Gasteiger charge is -2.11. The van der Waals surface area contributed by atoms with Gasteiger partial charge in [-0.05, 0) is 32.0 Å². The molecule has 0 N–H and O–H groups in total. The Morgan fingerprint density at radius 1 is 1.18 bits per heavy atom. The number of methoxy groups -OCH3 is 1. The van der Waals surface area contributed by atoms with Crippen LogP contribution in [0.3, 0.4) is 0 Å². The first kappa shape index (κ1) is 12.0. The fourth-order valence-electron chi connectivity index (χ4n) is 1.97. The van der Waals surface area contributed by atoms with Crippen molar-refractivity contribution >= 4 is 10.9 Å². The van der Waals surface area contributed by atoms with Crippen LogP contribution in [0.15, 0.2) is 30.5 Å². The predicted molar refractivity (Wildman–Crippen MR) is 69.7 cm³/mol. The topological polar surface area (TPSA) is 23.4 Å². The molecule has 1 aromatic carbocycles. The minimum atomic E-state index is 0.460. The van der Waals surface area contributed by atoms with E-state index in [2.05, 4.69) is 36.7 Å². The van der Waals surface area contributed by atoms with Crippen molar-refractivity contribution in [1.29, 1.82) is 0 Å². The van der Waals surface area contributed by atoms with Gasteiger partial charge in [0.05, 0.1) is 12.1 Å². The van der Waals surface area contributed by atoms with E-state index in [9.17, 15) is 0 Å². The number of aromatic nitrogens is 1. The molecule has 0 unspecified atom stereocenters. The number of rotatable bonds is 5. The average Bonchev–Trinajstić information content (AvgIpc) is 2.74. The Kier molecular flexibility index (Phi) is 3.69. The second-order valence-electron chi connectivity index (χ2n) is 4.35. The Hall–Kier alpha value is -1.48. The monoisotopic (exact) mass is 233 g/mol. The van der Waals surface area contributed by atoms with Crippen LogP contribution in [0.5, 0.6) is 5.75 Å². The predicted octanol–water partition coefficient (Wildman–Crippen LogP) is 3.25. The molecule has 0 aliphatic carbocycles. The lowest BCUT2D eigenvalue weighted by atomic mass is 10.2. The second kappa shape index (κ2) is 5.23. The van der Waals surface area contributed by atoms with E-state index in [0.717, 1.165) is 11.1 Å². The van der Waals surface area contributed by atoms with Crippen LogP contribution in [0.25, 0.3) is 10.9 Å². The highest BCUT2D eigenvalue weighted by atomic mass is 16.5. The summed E-state index contributed by atoms with van der Waals surface area (Å²) in [7, 11) is 1.68. The van der Waals surface area contributed by atoms with Crippen molar-refractivity contribution in [2.45, 2.75) is 19.9 Å². The highest BCUT2D eigenvalue weighted by molar-refractivity contribution is 5.86. The summed E-state index contributed by atoms with van der Waals surface area (Å²) >= 11 is 0. The molecule has 0 atom stereocenters. The van der Waals surface area contributed by atoms with E-state index < -0.39 is 0 Å². The highest BCUT2D eigenvalue weighted by Crippen LogP contribution is 2.28. The summed E-state index contributed by atoms with van der Waals surface area (Å²) in [6.07, 6.45) is 2.11. The normalized spacial score (nSPS) is 11.3. The molecular formula is C14H19NO2. The molecule has 0 aliphatic rings. The number of hydrogen-bond donors (Lipinski definition) is 0. The van der Waals surface area contributed by atoms with Crippen molar-refractivity contribution in [2.24, 2.45) is 0 Å². The molecule has 3 nitrogen and oxygen atoms in total. The Bertz CT molecular complexity index is 488. The molecule has 0 fully saturated rings. The Labute approximate surface area is 102 Å². The van der Waals surface area contributed by atoms with Crippen LogP contribution in [0.1, 0.15) is 19.9 Å². The molecule has 1 aromatic heterocycles. The van der Waals surface area contributed by atoms with E-state index in [0.29, 0.717) is 19.3 Å². The molecule has 0 aliphatic heterocycles. The minimum absolute atomic E-state index is 0.460. The van der Waals surface area contributed by atoms with Gasteiger partial charge in [0.25, 0.3) is 0 Å². The quantitative estimate of drug-likeness (QED) is 0.740. The first-order valence-electron chi connectivity index (χ1n) is 5.95. The number of nitrogens with zero attached hydrogens (tertiary/aromatic N) is 1. The van der Waals surface area contributed by atoms with Crippen molar-refractivity contribution in [2.75, 3.05) is 20.3 Å². The third-order valence-corrected chi connectivity index (χ3v) is 2.82. The van der Waals surface area contributed by atoms with Crippen LogP contribution >= 0.6 is 0 Å². The third kappa shape index (κ3) is 2.44. The summed E-state index contributed by atoms with van der Waals surface area (Å²) < 4.78 is 13.0. The van der Waals surface area contributed by atoms with Gasteiger partial charge in [0.2, 0.25) is 0 Å². The summed E-state index contributed by atoms with van der Waals surface area (Å²) in [4.78, 5) is 0. The zero-order chi connectivity index (χ0) is 12.3. The van der Waals surface area contributed by atoms with E-state index in [1.165, 1.54) is 5.52 Å². The van der Waals surface area contributed by atoms with Crippen molar-refractivity contribution in [3.05, 3.63) is 30.5 Å². The SMILES string of the molecule is COCCOc1cccc2c1ccn2C(C)C. The summed E-state index contributed by atoms with van der Waals surface area (Å²) in [5, 5.41) is 1.16. The molecule has 2 rings (SSSR count). The molecule has 0 saturated heterocycles. The number of hydrogen-bond acceptors (Lipinski definition) is 2. The molecule has 0 amide bonds. The lowest BCUT2D eigenvalue weighted by molar-refractivity contribution is 0.147. The van der Waals surface area contributed by atoms with Crippen molar-refractivity contribution < 1.29 is 9.47 Å². The van der Waals surface area contributed by atoms with Crippen LogP contribution in [0.4, 0.5) is 0 Å². The summed E-state index contributed by atoms with van der Waals surface area (Å²) in [5.41, 5.74) is 1.22. The molecular weight excluding hydrogens is 214 g/mol. The molecule has 3 heteroatoms. The van der Waals surface area contributed by atoms with Gasteiger partial charge in [0.1, 0.15) is 12.4 Å². The Balaban J connectivity index is 2.31. The largest absolute Gasteiger partial charge is 0.490 e. The smallest absolute Gasteiger partial charge is 0.128 e. The molecule has 17 heavy (non-hydrogen) atoms. The van der Waals surface area contributed by atoms with Gasteiger partial charge < -0.3 is 14.0 Å². The van der Waals surface area contributed by atoms with Crippen LogP contribution < -0.4 is 4.74 Å². The van der Waals surface area contributed by atoms with Crippen LogP contribution in [0.2, 0.25) is 0 Å². The van der Waals surface area contributed by atoms with E-state index in [-0.39, 0.29) is 0 Å². The zero-order valence-corrected chi connectivity index (χ0v) is 10.6. The van der Waals surface area contributed by atoms with Gasteiger partial charge in [-0.2, -0.15) is 0 Å². The zero-order valence-electron chi connectivity index (χ0n) is 10.6. The van der Waals surface area contributed by atoms with Crippen LogP contribution in [-0.4, -0.2) is 24.9 Å². The maximum absolute atomic E-state index is 5.71.